The lowest BCUT2D eigenvalue weighted by Crippen LogP contribution is -2.42. The molecule has 1 N–H and O–H groups in total. The predicted octanol–water partition coefficient (Wildman–Crippen LogP) is 1.99. The zero-order valence-electron chi connectivity index (χ0n) is 14.7. The lowest BCUT2D eigenvalue weighted by molar-refractivity contribution is -0.232. The van der Waals surface area contributed by atoms with Crippen molar-refractivity contribution in [1.82, 2.24) is 0 Å². The minimum absolute atomic E-state index is 0.0334. The maximum Gasteiger partial charge on any atom is 0.190 e. The summed E-state index contributed by atoms with van der Waals surface area (Å²) in [6.07, 6.45) is 0.179. The zero-order valence-corrected chi connectivity index (χ0v) is 14.7. The third-order valence-corrected chi connectivity index (χ3v) is 5.02. The molecule has 25 heavy (non-hydrogen) atoms. The van der Waals surface area contributed by atoms with Crippen LogP contribution in [0.25, 0.3) is 0 Å². The van der Waals surface area contributed by atoms with Crippen LogP contribution in [0.4, 0.5) is 0 Å². The van der Waals surface area contributed by atoms with E-state index >= 15 is 0 Å². The molecule has 0 amide bonds. The van der Waals surface area contributed by atoms with Crippen LogP contribution in [0.2, 0.25) is 0 Å². The van der Waals surface area contributed by atoms with Crippen molar-refractivity contribution >= 4 is 0 Å². The maximum absolute atomic E-state index is 9.33. The van der Waals surface area contributed by atoms with E-state index in [4.69, 9.17) is 23.7 Å². The molecule has 3 aliphatic rings. The summed E-state index contributed by atoms with van der Waals surface area (Å²) >= 11 is 0. The minimum atomic E-state index is -0.682. The highest BCUT2D eigenvalue weighted by Gasteiger charge is 2.58. The van der Waals surface area contributed by atoms with E-state index in [1.807, 2.05) is 44.2 Å². The number of fused-ring (bicyclic) bond motifs is 1. The molecule has 6 nitrogen and oxygen atoms in total. The minimum Gasteiger partial charge on any atom is -0.394 e. The molecule has 0 radical (unpaired) electrons. The van der Waals surface area contributed by atoms with Crippen LogP contribution in [-0.4, -0.2) is 54.3 Å². The van der Waals surface area contributed by atoms with Crippen LogP contribution >= 0.6 is 0 Å². The van der Waals surface area contributed by atoms with E-state index in [9.17, 15) is 5.11 Å². The normalized spacial score (nSPS) is 39.6. The van der Waals surface area contributed by atoms with E-state index in [1.165, 1.54) is 0 Å². The van der Waals surface area contributed by atoms with Gasteiger partial charge in [-0.3, -0.25) is 0 Å². The fourth-order valence-corrected chi connectivity index (χ4v) is 3.87. The molecule has 0 spiro atoms. The molecule has 3 aliphatic heterocycles. The van der Waals surface area contributed by atoms with Crippen molar-refractivity contribution in [3.05, 3.63) is 35.9 Å². The monoisotopic (exact) mass is 350 g/mol. The molecule has 3 fully saturated rings. The molecule has 6 heteroatoms. The Kier molecular flexibility index (Phi) is 4.83. The van der Waals surface area contributed by atoms with Gasteiger partial charge >= 0.3 is 0 Å². The molecule has 6 atom stereocenters. The second kappa shape index (κ2) is 6.95. The van der Waals surface area contributed by atoms with E-state index < -0.39 is 12.1 Å². The third kappa shape index (κ3) is 3.60. The van der Waals surface area contributed by atoms with Crippen LogP contribution in [-0.2, 0) is 30.3 Å². The second-order valence-corrected chi connectivity index (χ2v) is 7.39. The molecule has 3 heterocycles. The van der Waals surface area contributed by atoms with Crippen molar-refractivity contribution in [1.29, 1.82) is 0 Å². The van der Waals surface area contributed by atoms with Gasteiger partial charge < -0.3 is 28.8 Å². The first-order chi connectivity index (χ1) is 12.1. The van der Waals surface area contributed by atoms with Gasteiger partial charge in [0.15, 0.2) is 12.1 Å². The van der Waals surface area contributed by atoms with Gasteiger partial charge in [0, 0.05) is 0 Å². The quantitative estimate of drug-likeness (QED) is 0.876. The number of aliphatic hydroxyl groups excluding tert-OH is 1. The lowest BCUT2D eigenvalue weighted by atomic mass is 10.0. The molecular weight excluding hydrogens is 324 g/mol. The Morgan fingerprint density at radius 2 is 1.88 bits per heavy atom. The van der Waals surface area contributed by atoms with Crippen molar-refractivity contribution in [2.45, 2.75) is 75.9 Å². The van der Waals surface area contributed by atoms with Gasteiger partial charge in [-0.25, -0.2) is 0 Å². The average molecular weight is 350 g/mol. The number of benzene rings is 1. The Hall–Kier alpha value is -1.02. The molecule has 0 aromatic heterocycles. The number of rotatable bonds is 5. The van der Waals surface area contributed by atoms with E-state index in [2.05, 4.69) is 0 Å². The Balaban J connectivity index is 1.48. The van der Waals surface area contributed by atoms with Crippen LogP contribution in [0, 0.1) is 0 Å². The van der Waals surface area contributed by atoms with Crippen LogP contribution in [0.1, 0.15) is 32.3 Å². The largest absolute Gasteiger partial charge is 0.394 e. The van der Waals surface area contributed by atoms with Gasteiger partial charge in [-0.05, 0) is 32.3 Å². The number of hydrogen-bond donors (Lipinski definition) is 1. The summed E-state index contributed by atoms with van der Waals surface area (Å²) in [7, 11) is 0. The van der Waals surface area contributed by atoms with Crippen molar-refractivity contribution in [2.24, 2.45) is 0 Å². The van der Waals surface area contributed by atoms with Gasteiger partial charge in [-0.15, -0.1) is 0 Å². The highest BCUT2D eigenvalue weighted by atomic mass is 16.8. The van der Waals surface area contributed by atoms with Gasteiger partial charge in [-0.1, -0.05) is 30.3 Å². The van der Waals surface area contributed by atoms with Crippen LogP contribution in [0.15, 0.2) is 30.3 Å². The highest BCUT2D eigenvalue weighted by Crippen LogP contribution is 2.42. The average Bonchev–Trinajstić information content (AvgIpc) is 3.26. The molecule has 0 saturated carbocycles. The SMILES string of the molecule is CC1(C)O[C@H]2O[C@H]([C@@H]3CC[C@H](CO)O3)[C@H](OCc3ccccc3)[C@H]2O1. The summed E-state index contributed by atoms with van der Waals surface area (Å²) < 4.78 is 30.2. The van der Waals surface area contributed by atoms with Crippen molar-refractivity contribution < 1.29 is 28.8 Å². The fourth-order valence-electron chi connectivity index (χ4n) is 3.87. The van der Waals surface area contributed by atoms with Crippen molar-refractivity contribution in [3.8, 4) is 0 Å². The molecule has 1 aromatic rings. The van der Waals surface area contributed by atoms with Crippen LogP contribution < -0.4 is 0 Å². The fraction of sp³-hybridized carbons (Fsp3) is 0.684. The lowest BCUT2D eigenvalue weighted by Gasteiger charge is -2.29. The molecule has 3 saturated heterocycles. The molecule has 138 valence electrons. The Labute approximate surface area is 148 Å². The van der Waals surface area contributed by atoms with Gasteiger partial charge in [0.1, 0.15) is 18.3 Å². The first-order valence-electron chi connectivity index (χ1n) is 8.99. The number of aliphatic hydroxyl groups is 1. The summed E-state index contributed by atoms with van der Waals surface area (Å²) in [4.78, 5) is 0. The molecular formula is C19H26O6. The summed E-state index contributed by atoms with van der Waals surface area (Å²) in [6.45, 7) is 4.28. The van der Waals surface area contributed by atoms with Gasteiger partial charge in [0.25, 0.3) is 0 Å². The van der Waals surface area contributed by atoms with E-state index in [-0.39, 0.29) is 37.1 Å². The maximum atomic E-state index is 9.33. The summed E-state index contributed by atoms with van der Waals surface area (Å²) in [5.74, 6) is -0.682. The molecule has 0 bridgehead atoms. The third-order valence-electron chi connectivity index (χ3n) is 5.02. The van der Waals surface area contributed by atoms with E-state index in [0.717, 1.165) is 18.4 Å². The topological polar surface area (TPSA) is 66.4 Å². The summed E-state index contributed by atoms with van der Waals surface area (Å²) in [5.41, 5.74) is 1.10. The van der Waals surface area contributed by atoms with Crippen molar-refractivity contribution in [2.75, 3.05) is 6.61 Å². The summed E-state index contributed by atoms with van der Waals surface area (Å²) in [5, 5.41) is 9.33. The first-order valence-corrected chi connectivity index (χ1v) is 8.99. The van der Waals surface area contributed by atoms with Crippen molar-refractivity contribution in [3.63, 3.8) is 0 Å². The van der Waals surface area contributed by atoms with Gasteiger partial charge in [-0.2, -0.15) is 0 Å². The molecule has 4 rings (SSSR count). The van der Waals surface area contributed by atoms with Gasteiger partial charge in [0.2, 0.25) is 0 Å². The second-order valence-electron chi connectivity index (χ2n) is 7.39. The Morgan fingerprint density at radius 1 is 1.08 bits per heavy atom. The Bertz CT molecular complexity index is 577. The highest BCUT2D eigenvalue weighted by molar-refractivity contribution is 5.13. The van der Waals surface area contributed by atoms with Crippen LogP contribution in [0.3, 0.4) is 0 Å². The van der Waals surface area contributed by atoms with E-state index in [0.29, 0.717) is 6.61 Å². The smallest absolute Gasteiger partial charge is 0.190 e. The number of ether oxygens (including phenoxy) is 5. The van der Waals surface area contributed by atoms with Crippen LogP contribution in [0.5, 0.6) is 0 Å². The first kappa shape index (κ1) is 17.4. The zero-order chi connectivity index (χ0) is 17.4. The molecule has 0 aliphatic carbocycles. The van der Waals surface area contributed by atoms with E-state index in [1.54, 1.807) is 0 Å². The standard InChI is InChI=1S/C19H26O6/c1-19(2)24-17-16(21-11-12-6-4-3-5-7-12)15(23-18(17)25-19)14-9-8-13(10-20)22-14/h3-7,13-18,20H,8-11H2,1-2H3/t13-,14+,15-,16+,17-,18-/m1/s1. The molecule has 0 unspecified atom stereocenters. The predicted molar refractivity (Wildman–Crippen MR) is 88.7 cm³/mol. The van der Waals surface area contributed by atoms with Gasteiger partial charge in [0.05, 0.1) is 25.4 Å². The molecule has 1 aromatic carbocycles. The number of hydrogen-bond acceptors (Lipinski definition) is 6. The summed E-state index contributed by atoms with van der Waals surface area (Å²) in [6, 6.07) is 10.0. The Morgan fingerprint density at radius 3 is 2.60 bits per heavy atom.